The number of methoxy groups -OCH3 is 1. The highest BCUT2D eigenvalue weighted by atomic mass is 16.5. The zero-order valence-electron chi connectivity index (χ0n) is 20.0. The SMILES string of the molecule is COc1cnc(N(CC2CCOCC2)c2cc(N)cc(C)n2)cc1OCCCN1CCCC1. The molecule has 2 aliphatic heterocycles. The lowest BCUT2D eigenvalue weighted by Gasteiger charge is -2.30. The topological polar surface area (TPSA) is 86.0 Å². The molecule has 0 unspecified atom stereocenters. The largest absolute Gasteiger partial charge is 0.491 e. The third kappa shape index (κ3) is 6.48. The fraction of sp³-hybridized carbons (Fsp3) is 0.600. The number of nitrogen functional groups attached to an aromatic ring is 1. The van der Waals surface area contributed by atoms with Crippen LogP contribution < -0.4 is 20.1 Å². The van der Waals surface area contributed by atoms with Gasteiger partial charge in [0.05, 0.1) is 19.9 Å². The number of pyridine rings is 2. The smallest absolute Gasteiger partial charge is 0.179 e. The molecule has 180 valence electrons. The molecule has 0 saturated carbocycles. The van der Waals surface area contributed by atoms with Crippen LogP contribution in [-0.4, -0.2) is 68.0 Å². The number of anilines is 3. The Morgan fingerprint density at radius 3 is 2.64 bits per heavy atom. The Morgan fingerprint density at radius 2 is 1.91 bits per heavy atom. The van der Waals surface area contributed by atoms with Gasteiger partial charge in [0, 0.05) is 49.8 Å². The van der Waals surface area contributed by atoms with Crippen molar-refractivity contribution >= 4 is 17.3 Å². The summed E-state index contributed by atoms with van der Waals surface area (Å²) in [6, 6.07) is 5.76. The molecule has 2 saturated heterocycles. The Hall–Kier alpha value is -2.58. The molecule has 0 aliphatic carbocycles. The van der Waals surface area contributed by atoms with Crippen molar-refractivity contribution < 1.29 is 14.2 Å². The van der Waals surface area contributed by atoms with Gasteiger partial charge < -0.3 is 29.7 Å². The van der Waals surface area contributed by atoms with Crippen molar-refractivity contribution in [3.05, 3.63) is 30.1 Å². The van der Waals surface area contributed by atoms with Crippen LogP contribution in [0, 0.1) is 12.8 Å². The summed E-state index contributed by atoms with van der Waals surface area (Å²) in [6.07, 6.45) is 7.39. The van der Waals surface area contributed by atoms with Crippen molar-refractivity contribution in [1.29, 1.82) is 0 Å². The van der Waals surface area contributed by atoms with Crippen LogP contribution >= 0.6 is 0 Å². The van der Waals surface area contributed by atoms with Crippen molar-refractivity contribution in [3.63, 3.8) is 0 Å². The van der Waals surface area contributed by atoms with Gasteiger partial charge in [-0.05, 0) is 64.1 Å². The van der Waals surface area contributed by atoms with Crippen molar-refractivity contribution in [1.82, 2.24) is 14.9 Å². The van der Waals surface area contributed by atoms with Crippen LogP contribution in [0.25, 0.3) is 0 Å². The molecule has 2 aromatic rings. The van der Waals surface area contributed by atoms with Crippen molar-refractivity contribution in [2.45, 2.75) is 39.0 Å². The molecule has 0 aromatic carbocycles. The number of nitrogens with two attached hydrogens (primary N) is 1. The predicted octanol–water partition coefficient (Wildman–Crippen LogP) is 3.81. The second kappa shape index (κ2) is 11.5. The molecule has 2 fully saturated rings. The van der Waals surface area contributed by atoms with Crippen LogP contribution in [0.4, 0.5) is 17.3 Å². The molecule has 4 heterocycles. The van der Waals surface area contributed by atoms with Crippen LogP contribution in [0.3, 0.4) is 0 Å². The van der Waals surface area contributed by atoms with Gasteiger partial charge >= 0.3 is 0 Å². The quantitative estimate of drug-likeness (QED) is 0.542. The molecule has 0 bridgehead atoms. The molecule has 33 heavy (non-hydrogen) atoms. The lowest BCUT2D eigenvalue weighted by Crippen LogP contribution is -2.30. The van der Waals surface area contributed by atoms with Crippen molar-refractivity contribution in [3.8, 4) is 11.5 Å². The monoisotopic (exact) mass is 455 g/mol. The van der Waals surface area contributed by atoms with Gasteiger partial charge in [-0.25, -0.2) is 9.97 Å². The summed E-state index contributed by atoms with van der Waals surface area (Å²) in [5.41, 5.74) is 7.74. The summed E-state index contributed by atoms with van der Waals surface area (Å²) in [5.74, 6) is 3.44. The number of aryl methyl sites for hydroxylation is 1. The van der Waals surface area contributed by atoms with E-state index in [1.165, 1.54) is 25.9 Å². The Morgan fingerprint density at radius 1 is 1.12 bits per heavy atom. The van der Waals surface area contributed by atoms with Gasteiger partial charge in [0.1, 0.15) is 11.6 Å². The van der Waals surface area contributed by atoms with Gasteiger partial charge in [0.25, 0.3) is 0 Å². The molecule has 0 spiro atoms. The van der Waals surface area contributed by atoms with Crippen LogP contribution in [-0.2, 0) is 4.74 Å². The minimum atomic E-state index is 0.496. The number of hydrogen-bond acceptors (Lipinski definition) is 8. The fourth-order valence-corrected chi connectivity index (χ4v) is 4.61. The van der Waals surface area contributed by atoms with E-state index < -0.39 is 0 Å². The van der Waals surface area contributed by atoms with Crippen molar-refractivity contribution in [2.24, 2.45) is 5.92 Å². The zero-order chi connectivity index (χ0) is 23.0. The molecule has 0 atom stereocenters. The first kappa shape index (κ1) is 23.6. The first-order valence-corrected chi connectivity index (χ1v) is 12.1. The Labute approximate surface area is 197 Å². The molecule has 2 N–H and O–H groups in total. The number of rotatable bonds is 10. The summed E-state index contributed by atoms with van der Waals surface area (Å²) in [6.45, 7) is 8.48. The fourth-order valence-electron chi connectivity index (χ4n) is 4.61. The molecule has 8 nitrogen and oxygen atoms in total. The minimum absolute atomic E-state index is 0.496. The number of ether oxygens (including phenoxy) is 3. The van der Waals surface area contributed by atoms with E-state index in [-0.39, 0.29) is 0 Å². The second-order valence-electron chi connectivity index (χ2n) is 9.01. The van der Waals surface area contributed by atoms with E-state index in [0.717, 1.165) is 62.9 Å². The summed E-state index contributed by atoms with van der Waals surface area (Å²) >= 11 is 0. The maximum absolute atomic E-state index is 6.17. The molecule has 0 radical (unpaired) electrons. The zero-order valence-corrected chi connectivity index (χ0v) is 20.0. The molecule has 2 aliphatic rings. The standard InChI is InChI=1S/C25H37N5O3/c1-19-14-21(26)15-25(28-19)30(18-20-6-12-32-13-7-20)24-16-22(23(31-2)17-27-24)33-11-5-10-29-8-3-4-9-29/h14-17,20H,3-13,18H2,1-2H3,(H2,26,28). The Kier molecular flexibility index (Phi) is 8.23. The maximum atomic E-state index is 6.17. The van der Waals surface area contributed by atoms with Crippen LogP contribution in [0.2, 0.25) is 0 Å². The van der Waals surface area contributed by atoms with E-state index in [0.29, 0.717) is 29.7 Å². The Balaban J connectivity index is 1.53. The average Bonchev–Trinajstić information content (AvgIpc) is 3.34. The lowest BCUT2D eigenvalue weighted by molar-refractivity contribution is 0.0687. The molecular weight excluding hydrogens is 418 g/mol. The molecule has 2 aromatic heterocycles. The number of likely N-dealkylation sites (tertiary alicyclic amines) is 1. The van der Waals surface area contributed by atoms with Gasteiger partial charge in [-0.2, -0.15) is 0 Å². The van der Waals surface area contributed by atoms with Crippen LogP contribution in [0.1, 0.15) is 37.8 Å². The highest BCUT2D eigenvalue weighted by Gasteiger charge is 2.23. The van der Waals surface area contributed by atoms with Gasteiger partial charge in [-0.15, -0.1) is 0 Å². The van der Waals surface area contributed by atoms with E-state index >= 15 is 0 Å². The summed E-state index contributed by atoms with van der Waals surface area (Å²) < 4.78 is 17.3. The van der Waals surface area contributed by atoms with E-state index in [2.05, 4.69) is 9.80 Å². The van der Waals surface area contributed by atoms with Crippen LogP contribution in [0.5, 0.6) is 11.5 Å². The predicted molar refractivity (Wildman–Crippen MR) is 131 cm³/mol. The van der Waals surface area contributed by atoms with E-state index in [1.807, 2.05) is 25.1 Å². The third-order valence-corrected chi connectivity index (χ3v) is 6.41. The first-order valence-electron chi connectivity index (χ1n) is 12.1. The lowest BCUT2D eigenvalue weighted by atomic mass is 9.99. The van der Waals surface area contributed by atoms with Gasteiger partial charge in [0.2, 0.25) is 0 Å². The van der Waals surface area contributed by atoms with E-state index in [1.54, 1.807) is 13.3 Å². The van der Waals surface area contributed by atoms with Gasteiger partial charge in [-0.1, -0.05) is 0 Å². The van der Waals surface area contributed by atoms with Crippen LogP contribution in [0.15, 0.2) is 24.4 Å². The average molecular weight is 456 g/mol. The van der Waals surface area contributed by atoms with Crippen molar-refractivity contribution in [2.75, 3.05) is 63.7 Å². The summed E-state index contributed by atoms with van der Waals surface area (Å²) in [5, 5.41) is 0. The highest BCUT2D eigenvalue weighted by molar-refractivity contribution is 5.63. The highest BCUT2D eigenvalue weighted by Crippen LogP contribution is 2.34. The second-order valence-corrected chi connectivity index (χ2v) is 9.01. The Bertz CT molecular complexity index is 877. The summed E-state index contributed by atoms with van der Waals surface area (Å²) in [7, 11) is 1.65. The molecule has 8 heteroatoms. The maximum Gasteiger partial charge on any atom is 0.179 e. The molecule has 4 rings (SSSR count). The van der Waals surface area contributed by atoms with E-state index in [9.17, 15) is 0 Å². The van der Waals surface area contributed by atoms with Gasteiger partial charge in [-0.3, -0.25) is 0 Å². The van der Waals surface area contributed by atoms with E-state index in [4.69, 9.17) is 29.9 Å². The minimum Gasteiger partial charge on any atom is -0.491 e. The molecular formula is C25H37N5O3. The first-order chi connectivity index (χ1) is 16.1. The summed E-state index contributed by atoms with van der Waals surface area (Å²) in [4.78, 5) is 14.1. The number of nitrogens with zero attached hydrogens (tertiary/aromatic N) is 4. The number of hydrogen-bond donors (Lipinski definition) is 1. The van der Waals surface area contributed by atoms with Gasteiger partial charge in [0.15, 0.2) is 11.5 Å². The normalized spacial score (nSPS) is 17.3. The molecule has 0 amide bonds. The number of aromatic nitrogens is 2. The third-order valence-electron chi connectivity index (χ3n) is 6.41.